The molecule has 86 valence electrons. The molecule has 4 nitrogen and oxygen atoms in total. The van der Waals surface area contributed by atoms with Crippen molar-refractivity contribution < 1.29 is 17.6 Å². The average molecular weight is 235 g/mol. The highest BCUT2D eigenvalue weighted by Crippen LogP contribution is 2.19. The van der Waals surface area contributed by atoms with Crippen LogP contribution in [0.4, 0.5) is 17.6 Å². The molecule has 2 aromatic rings. The lowest BCUT2D eigenvalue weighted by molar-refractivity contribution is 0.140. The maximum Gasteiger partial charge on any atom is 0.296 e. The molecule has 1 N–H and O–H groups in total. The number of hydrogen-bond acceptors (Lipinski definition) is 2. The lowest BCUT2D eigenvalue weighted by Crippen LogP contribution is -2.14. The average Bonchev–Trinajstić information content (AvgIpc) is 2.61. The van der Waals surface area contributed by atoms with Gasteiger partial charge in [-0.05, 0) is 6.07 Å². The first-order chi connectivity index (χ1) is 7.49. The van der Waals surface area contributed by atoms with Crippen LogP contribution in [0, 0.1) is 0 Å². The second-order valence-electron chi connectivity index (χ2n) is 3.03. The van der Waals surface area contributed by atoms with Gasteiger partial charge in [0, 0.05) is 11.6 Å². The molecule has 16 heavy (non-hydrogen) atoms. The summed E-state index contributed by atoms with van der Waals surface area (Å²) in [5.41, 5.74) is -1.65. The number of halogens is 4. The lowest BCUT2D eigenvalue weighted by Gasteiger charge is -1.97. The Labute approximate surface area is 85.5 Å². The smallest absolute Gasteiger partial charge is 0.271 e. The van der Waals surface area contributed by atoms with Gasteiger partial charge in [0.1, 0.15) is 0 Å². The maximum atomic E-state index is 12.3. The second kappa shape index (κ2) is 3.62. The van der Waals surface area contributed by atoms with Gasteiger partial charge in [-0.2, -0.15) is 0 Å². The van der Waals surface area contributed by atoms with E-state index < -0.39 is 29.8 Å². The summed E-state index contributed by atoms with van der Waals surface area (Å²) in [6.07, 6.45) is -5.74. The molecule has 0 aliphatic heterocycles. The van der Waals surface area contributed by atoms with Crippen molar-refractivity contribution >= 4 is 5.65 Å². The molecular formula is C8H5F4N3O. The van der Waals surface area contributed by atoms with Crippen molar-refractivity contribution in [2.45, 2.75) is 12.9 Å². The first kappa shape index (κ1) is 10.7. The van der Waals surface area contributed by atoms with Gasteiger partial charge in [-0.25, -0.2) is 27.1 Å². The minimum absolute atomic E-state index is 0.252. The number of H-pyrrole nitrogens is 1. The quantitative estimate of drug-likeness (QED) is 0.808. The van der Waals surface area contributed by atoms with Gasteiger partial charge in [0.25, 0.3) is 18.4 Å². The molecule has 0 saturated carbocycles. The monoisotopic (exact) mass is 235 g/mol. The van der Waals surface area contributed by atoms with Gasteiger partial charge in [0.15, 0.2) is 11.5 Å². The Bertz CT molecular complexity index is 574. The number of fused-ring (bicyclic) bond motifs is 1. The fourth-order valence-corrected chi connectivity index (χ4v) is 1.26. The Hall–Kier alpha value is -1.86. The number of nitrogens with one attached hydrogen (secondary N) is 1. The van der Waals surface area contributed by atoms with E-state index in [0.29, 0.717) is 10.6 Å². The predicted molar refractivity (Wildman–Crippen MR) is 45.7 cm³/mol. The zero-order valence-corrected chi connectivity index (χ0v) is 7.62. The third-order valence-corrected chi connectivity index (χ3v) is 1.96. The molecule has 0 atom stereocenters. The van der Waals surface area contributed by atoms with Gasteiger partial charge in [-0.3, -0.25) is 9.89 Å². The van der Waals surface area contributed by atoms with Crippen LogP contribution < -0.4 is 5.56 Å². The molecule has 0 saturated heterocycles. The summed E-state index contributed by atoms with van der Waals surface area (Å²) in [4.78, 5) is 14.6. The molecule has 0 fully saturated rings. The van der Waals surface area contributed by atoms with Crippen LogP contribution >= 0.6 is 0 Å². The van der Waals surface area contributed by atoms with Crippen LogP contribution in [0.1, 0.15) is 24.2 Å². The van der Waals surface area contributed by atoms with Gasteiger partial charge in [-0.15, -0.1) is 0 Å². The first-order valence-electron chi connectivity index (χ1n) is 4.18. The van der Waals surface area contributed by atoms with E-state index in [2.05, 4.69) is 4.98 Å². The summed E-state index contributed by atoms with van der Waals surface area (Å²) in [6, 6.07) is 1.56. The van der Waals surface area contributed by atoms with E-state index in [0.717, 1.165) is 6.07 Å². The Kier molecular flexibility index (Phi) is 2.41. The molecule has 0 aliphatic carbocycles. The fourth-order valence-electron chi connectivity index (χ4n) is 1.26. The summed E-state index contributed by atoms with van der Waals surface area (Å²) in [6.45, 7) is 0. The second-order valence-corrected chi connectivity index (χ2v) is 3.03. The van der Waals surface area contributed by atoms with Crippen molar-refractivity contribution in [2.75, 3.05) is 0 Å². The van der Waals surface area contributed by atoms with Crippen molar-refractivity contribution in [1.82, 2.24) is 14.6 Å². The number of pyridine rings is 1. The van der Waals surface area contributed by atoms with Gasteiger partial charge in [0.2, 0.25) is 0 Å². The van der Waals surface area contributed by atoms with Crippen LogP contribution in [0.3, 0.4) is 0 Å². The van der Waals surface area contributed by atoms with Crippen LogP contribution in [0.5, 0.6) is 0 Å². The Balaban J connectivity index is 2.68. The first-order valence-corrected chi connectivity index (χ1v) is 4.18. The molecule has 0 spiro atoms. The molecule has 2 aromatic heterocycles. The Morgan fingerprint density at radius 1 is 1.19 bits per heavy atom. The zero-order valence-electron chi connectivity index (χ0n) is 7.62. The minimum atomic E-state index is -2.89. The predicted octanol–water partition coefficient (Wildman–Crippen LogP) is 1.90. The SMILES string of the molecule is O=c1cc(C(F)F)cc2nc(C(F)F)[nH]n12. The third kappa shape index (κ3) is 1.66. The van der Waals surface area contributed by atoms with E-state index in [1.807, 2.05) is 5.10 Å². The highest BCUT2D eigenvalue weighted by atomic mass is 19.3. The van der Waals surface area contributed by atoms with E-state index in [9.17, 15) is 22.4 Å². The number of aromatic nitrogens is 3. The van der Waals surface area contributed by atoms with E-state index in [1.165, 1.54) is 0 Å². The van der Waals surface area contributed by atoms with Crippen molar-refractivity contribution in [2.24, 2.45) is 0 Å². The molecule has 2 rings (SSSR count). The van der Waals surface area contributed by atoms with Crippen LogP contribution in [0.25, 0.3) is 5.65 Å². The molecule has 8 heteroatoms. The summed E-state index contributed by atoms with van der Waals surface area (Å²) >= 11 is 0. The molecule has 2 heterocycles. The molecule has 0 bridgehead atoms. The van der Waals surface area contributed by atoms with Crippen molar-refractivity contribution in [3.63, 3.8) is 0 Å². The molecule has 0 unspecified atom stereocenters. The molecule has 0 aliphatic rings. The van der Waals surface area contributed by atoms with Crippen molar-refractivity contribution in [3.05, 3.63) is 33.9 Å². The third-order valence-electron chi connectivity index (χ3n) is 1.96. The summed E-state index contributed by atoms with van der Waals surface area (Å²) in [7, 11) is 0. The van der Waals surface area contributed by atoms with Crippen LogP contribution in [0.2, 0.25) is 0 Å². The van der Waals surface area contributed by atoms with Crippen LogP contribution in [-0.4, -0.2) is 14.6 Å². The summed E-state index contributed by atoms with van der Waals surface area (Å²) < 4.78 is 49.8. The van der Waals surface area contributed by atoms with E-state index in [4.69, 9.17) is 0 Å². The number of alkyl halides is 4. The highest BCUT2D eigenvalue weighted by Gasteiger charge is 2.16. The topological polar surface area (TPSA) is 50.2 Å². The Morgan fingerprint density at radius 2 is 1.88 bits per heavy atom. The van der Waals surface area contributed by atoms with E-state index in [-0.39, 0.29) is 5.65 Å². The maximum absolute atomic E-state index is 12.3. The molecular weight excluding hydrogens is 230 g/mol. The van der Waals surface area contributed by atoms with Crippen LogP contribution in [-0.2, 0) is 0 Å². The van der Waals surface area contributed by atoms with Crippen molar-refractivity contribution in [1.29, 1.82) is 0 Å². The van der Waals surface area contributed by atoms with Crippen molar-refractivity contribution in [3.8, 4) is 0 Å². The number of nitrogens with zero attached hydrogens (tertiary/aromatic N) is 2. The lowest BCUT2D eigenvalue weighted by atomic mass is 10.3. The zero-order chi connectivity index (χ0) is 11.9. The molecule has 0 aromatic carbocycles. The summed E-state index contributed by atoms with van der Waals surface area (Å²) in [5.74, 6) is -0.733. The van der Waals surface area contributed by atoms with E-state index in [1.54, 1.807) is 0 Å². The summed E-state index contributed by atoms with van der Waals surface area (Å²) in [5, 5.41) is 2.03. The normalized spacial score (nSPS) is 11.9. The number of aromatic amines is 1. The van der Waals surface area contributed by atoms with Gasteiger partial charge >= 0.3 is 0 Å². The Morgan fingerprint density at radius 3 is 2.44 bits per heavy atom. The fraction of sp³-hybridized carbons (Fsp3) is 0.250. The number of rotatable bonds is 2. The van der Waals surface area contributed by atoms with E-state index >= 15 is 0 Å². The van der Waals surface area contributed by atoms with Gasteiger partial charge in [-0.1, -0.05) is 0 Å². The van der Waals surface area contributed by atoms with Crippen LogP contribution in [0.15, 0.2) is 16.9 Å². The standard InChI is InChI=1S/C8H5F4N3O/c9-6(10)3-1-4-13-8(7(11)12)14-15(4)5(16)2-3/h1-2,6-7H,(H,13,14). The van der Waals surface area contributed by atoms with Gasteiger partial charge < -0.3 is 0 Å². The molecule has 0 amide bonds. The molecule has 0 radical (unpaired) electrons. The highest BCUT2D eigenvalue weighted by molar-refractivity contribution is 5.41. The number of hydrogen-bond donors (Lipinski definition) is 1. The minimum Gasteiger partial charge on any atom is -0.271 e. The van der Waals surface area contributed by atoms with Gasteiger partial charge in [0.05, 0.1) is 0 Å². The largest absolute Gasteiger partial charge is 0.296 e.